The fourth-order valence-corrected chi connectivity index (χ4v) is 6.29. The van der Waals surface area contributed by atoms with E-state index < -0.39 is 5.41 Å². The Morgan fingerprint density at radius 2 is 1.71 bits per heavy atom. The quantitative estimate of drug-likeness (QED) is 0.606. The number of nitrogens with zero attached hydrogens (tertiary/aromatic N) is 3. The van der Waals surface area contributed by atoms with Gasteiger partial charge in [0.15, 0.2) is 0 Å². The molecule has 0 spiro atoms. The molecule has 0 bridgehead atoms. The Kier molecular flexibility index (Phi) is 6.39. The highest BCUT2D eigenvalue weighted by Crippen LogP contribution is 2.43. The minimum absolute atomic E-state index is 0.0772. The molecule has 1 aliphatic heterocycles. The molecule has 35 heavy (non-hydrogen) atoms. The largest absolute Gasteiger partial charge is 0.346 e. The minimum atomic E-state index is -0.446. The average molecular weight is 473 g/mol. The highest BCUT2D eigenvalue weighted by molar-refractivity contribution is 5.89. The topological polar surface area (TPSA) is 69.3 Å². The summed E-state index contributed by atoms with van der Waals surface area (Å²) >= 11 is 0. The molecule has 6 nitrogen and oxygen atoms in total. The Labute approximate surface area is 207 Å². The molecule has 1 saturated heterocycles. The molecule has 2 aliphatic rings. The van der Waals surface area contributed by atoms with E-state index in [0.29, 0.717) is 26.2 Å². The van der Waals surface area contributed by atoms with Crippen molar-refractivity contribution in [3.8, 4) is 0 Å². The van der Waals surface area contributed by atoms with Crippen LogP contribution in [-0.4, -0.2) is 57.8 Å². The van der Waals surface area contributed by atoms with Crippen molar-refractivity contribution in [2.75, 3.05) is 26.2 Å². The molecule has 1 saturated carbocycles. The molecule has 2 fully saturated rings. The Hall–Kier alpha value is -3.15. The monoisotopic (exact) mass is 472 g/mol. The first-order valence-corrected chi connectivity index (χ1v) is 12.9. The Balaban J connectivity index is 1.44. The van der Waals surface area contributed by atoms with Crippen molar-refractivity contribution in [1.82, 2.24) is 19.8 Å². The molecule has 2 amide bonds. The maximum absolute atomic E-state index is 14.3. The Morgan fingerprint density at radius 3 is 2.43 bits per heavy atom. The van der Waals surface area contributed by atoms with Gasteiger partial charge in [0.2, 0.25) is 11.8 Å². The van der Waals surface area contributed by atoms with Gasteiger partial charge in [-0.2, -0.15) is 0 Å². The summed E-state index contributed by atoms with van der Waals surface area (Å²) in [4.78, 5) is 38.4. The van der Waals surface area contributed by atoms with E-state index in [1.54, 1.807) is 6.92 Å². The summed E-state index contributed by atoms with van der Waals surface area (Å²) in [6.07, 6.45) is 8.58. The van der Waals surface area contributed by atoms with Crippen LogP contribution in [0.1, 0.15) is 54.9 Å². The fourth-order valence-electron chi connectivity index (χ4n) is 6.29. The lowest BCUT2D eigenvalue weighted by Gasteiger charge is -2.36. The zero-order valence-electron chi connectivity index (χ0n) is 21.1. The number of pyridine rings is 1. The van der Waals surface area contributed by atoms with Gasteiger partial charge in [-0.25, -0.2) is 4.98 Å². The van der Waals surface area contributed by atoms with Crippen molar-refractivity contribution < 1.29 is 9.59 Å². The lowest BCUT2D eigenvalue weighted by molar-refractivity contribution is -0.138. The lowest BCUT2D eigenvalue weighted by atomic mass is 9.76. The van der Waals surface area contributed by atoms with E-state index in [4.69, 9.17) is 0 Å². The second-order valence-corrected chi connectivity index (χ2v) is 10.7. The first-order valence-electron chi connectivity index (χ1n) is 12.9. The third-order valence-corrected chi connectivity index (χ3v) is 7.95. The zero-order chi connectivity index (χ0) is 24.6. The molecule has 3 heterocycles. The van der Waals surface area contributed by atoms with Crippen LogP contribution in [-0.2, 0) is 21.4 Å². The maximum atomic E-state index is 14.3. The molecule has 5 rings (SSSR count). The SMILES string of the molecule is CC(=O)N1CCN(C(=O)C2(c3cc(C)cc(C)c3)CCCC2)C[C@@H](Cc2cnc3[nH]ccc3c2)C1. The molecular weight excluding hydrogens is 436 g/mol. The summed E-state index contributed by atoms with van der Waals surface area (Å²) in [5.41, 5.74) is 5.17. The average Bonchev–Trinajstić information content (AvgIpc) is 3.44. The molecule has 1 N–H and O–H groups in total. The molecular formula is C29H36N4O2. The Morgan fingerprint density at radius 1 is 1.03 bits per heavy atom. The smallest absolute Gasteiger partial charge is 0.233 e. The molecule has 1 aromatic carbocycles. The number of nitrogens with one attached hydrogen (secondary N) is 1. The van der Waals surface area contributed by atoms with Crippen LogP contribution < -0.4 is 0 Å². The van der Waals surface area contributed by atoms with Crippen molar-refractivity contribution >= 4 is 22.8 Å². The number of fused-ring (bicyclic) bond motifs is 1. The summed E-state index contributed by atoms with van der Waals surface area (Å²) in [5.74, 6) is 0.490. The summed E-state index contributed by atoms with van der Waals surface area (Å²) in [6.45, 7) is 8.39. The normalized spacial score (nSPS) is 20.3. The molecule has 184 valence electrons. The van der Waals surface area contributed by atoms with Gasteiger partial charge in [0.05, 0.1) is 5.41 Å². The number of rotatable bonds is 4. The van der Waals surface area contributed by atoms with Gasteiger partial charge in [-0.3, -0.25) is 9.59 Å². The van der Waals surface area contributed by atoms with Crippen LogP contribution in [0.5, 0.6) is 0 Å². The van der Waals surface area contributed by atoms with E-state index >= 15 is 0 Å². The highest BCUT2D eigenvalue weighted by atomic mass is 16.2. The zero-order valence-corrected chi connectivity index (χ0v) is 21.1. The van der Waals surface area contributed by atoms with Gasteiger partial charge in [-0.1, -0.05) is 42.2 Å². The second kappa shape index (κ2) is 9.48. The van der Waals surface area contributed by atoms with Gasteiger partial charge in [0.25, 0.3) is 0 Å². The third-order valence-electron chi connectivity index (χ3n) is 7.95. The maximum Gasteiger partial charge on any atom is 0.233 e. The van der Waals surface area contributed by atoms with Gasteiger partial charge in [-0.15, -0.1) is 0 Å². The molecule has 3 aromatic rings. The van der Waals surface area contributed by atoms with Crippen LogP contribution in [0.25, 0.3) is 11.0 Å². The summed E-state index contributed by atoms with van der Waals surface area (Å²) < 4.78 is 0. The summed E-state index contributed by atoms with van der Waals surface area (Å²) in [6, 6.07) is 10.8. The van der Waals surface area contributed by atoms with Crippen molar-refractivity contribution in [1.29, 1.82) is 0 Å². The van der Waals surface area contributed by atoms with Crippen molar-refractivity contribution in [2.45, 2.75) is 58.3 Å². The predicted octanol–water partition coefficient (Wildman–Crippen LogP) is 4.54. The van der Waals surface area contributed by atoms with Crippen LogP contribution in [0, 0.1) is 19.8 Å². The molecule has 1 atom stereocenters. The minimum Gasteiger partial charge on any atom is -0.346 e. The number of benzene rings is 1. The third kappa shape index (κ3) is 4.71. The van der Waals surface area contributed by atoms with Crippen molar-refractivity contribution in [3.63, 3.8) is 0 Å². The van der Waals surface area contributed by atoms with Gasteiger partial charge in [0.1, 0.15) is 5.65 Å². The van der Waals surface area contributed by atoms with Gasteiger partial charge >= 0.3 is 0 Å². The standard InChI is InChI=1S/C29H36N4O2/c1-20-12-21(2)14-26(13-20)29(7-4-5-8-29)28(35)33-11-10-32(22(3)34)18-24(19-33)15-23-16-25-6-9-30-27(25)31-17-23/h6,9,12-14,16-17,24H,4-5,7-8,10-11,15,18-19H2,1-3H3,(H,30,31)/t24-/m0/s1. The summed E-state index contributed by atoms with van der Waals surface area (Å²) in [7, 11) is 0. The number of aromatic nitrogens is 2. The van der Waals surface area contributed by atoms with Crippen LogP contribution in [0.2, 0.25) is 0 Å². The van der Waals surface area contributed by atoms with E-state index in [1.807, 2.05) is 23.4 Å². The lowest BCUT2D eigenvalue weighted by Crippen LogP contribution is -2.48. The number of carbonyl (C=O) groups excluding carboxylic acids is 2. The van der Waals surface area contributed by atoms with Gasteiger partial charge in [-0.05, 0) is 62.3 Å². The Bertz CT molecular complexity index is 1220. The van der Waals surface area contributed by atoms with E-state index in [9.17, 15) is 9.59 Å². The van der Waals surface area contributed by atoms with E-state index in [1.165, 1.54) is 16.7 Å². The van der Waals surface area contributed by atoms with Gasteiger partial charge in [0, 0.05) is 50.9 Å². The molecule has 0 radical (unpaired) electrons. The molecule has 2 aromatic heterocycles. The number of H-pyrrole nitrogens is 1. The molecule has 1 aliphatic carbocycles. The first-order chi connectivity index (χ1) is 16.8. The summed E-state index contributed by atoms with van der Waals surface area (Å²) in [5, 5.41) is 1.09. The predicted molar refractivity (Wildman–Crippen MR) is 138 cm³/mol. The van der Waals surface area contributed by atoms with Crippen LogP contribution in [0.15, 0.2) is 42.7 Å². The van der Waals surface area contributed by atoms with Crippen LogP contribution in [0.3, 0.4) is 0 Å². The number of amides is 2. The van der Waals surface area contributed by atoms with Crippen molar-refractivity contribution in [3.05, 3.63) is 65.0 Å². The van der Waals surface area contributed by atoms with Crippen molar-refractivity contribution in [2.24, 2.45) is 5.92 Å². The molecule has 6 heteroatoms. The number of hydrogen-bond acceptors (Lipinski definition) is 3. The van der Waals surface area contributed by atoms with E-state index in [0.717, 1.165) is 48.7 Å². The highest BCUT2D eigenvalue weighted by Gasteiger charge is 2.46. The van der Waals surface area contributed by atoms with Crippen LogP contribution in [0.4, 0.5) is 0 Å². The van der Waals surface area contributed by atoms with E-state index in [-0.39, 0.29) is 17.7 Å². The van der Waals surface area contributed by atoms with Crippen LogP contribution >= 0.6 is 0 Å². The van der Waals surface area contributed by atoms with Gasteiger partial charge < -0.3 is 14.8 Å². The fraction of sp³-hybridized carbons (Fsp3) is 0.483. The number of aryl methyl sites for hydroxylation is 2. The number of hydrogen-bond donors (Lipinski definition) is 1. The second-order valence-electron chi connectivity index (χ2n) is 10.7. The molecule has 0 unspecified atom stereocenters. The van der Waals surface area contributed by atoms with E-state index in [2.05, 4.69) is 53.0 Å². The number of carbonyl (C=O) groups is 2. The number of aromatic amines is 1. The first kappa shape index (κ1) is 23.6.